The first-order valence-electron chi connectivity index (χ1n) is 11.4. The molecular weight excluding hydrogens is 436 g/mol. The topological polar surface area (TPSA) is 78.9 Å². The molecule has 3 aromatic heterocycles. The Hall–Kier alpha value is -3.81. The lowest BCUT2D eigenvalue weighted by atomic mass is 9.84. The molecule has 2 aliphatic rings. The third kappa shape index (κ3) is 3.01. The van der Waals surface area contributed by atoms with E-state index < -0.39 is 17.9 Å². The molecule has 0 saturated heterocycles. The largest absolute Gasteiger partial charge is 0.482 e. The number of aryl methyl sites for hydroxylation is 2. The predicted molar refractivity (Wildman–Crippen MR) is 124 cm³/mol. The predicted octanol–water partition coefficient (Wildman–Crippen LogP) is 5.42. The minimum atomic E-state index is -0.619. The van der Waals surface area contributed by atoms with E-state index in [1.54, 1.807) is 19.2 Å². The average molecular weight is 460 g/mol. The van der Waals surface area contributed by atoms with Gasteiger partial charge in [-0.2, -0.15) is 9.49 Å². The van der Waals surface area contributed by atoms with Crippen molar-refractivity contribution in [2.75, 3.05) is 5.73 Å². The Balaban J connectivity index is 1.73. The zero-order valence-electron chi connectivity index (χ0n) is 18.8. The molecule has 6 nitrogen and oxygen atoms in total. The Morgan fingerprint density at radius 1 is 1.15 bits per heavy atom. The van der Waals surface area contributed by atoms with Gasteiger partial charge in [0.15, 0.2) is 11.6 Å². The number of ether oxygens (including phenoxy) is 1. The first-order valence-corrected chi connectivity index (χ1v) is 11.4. The van der Waals surface area contributed by atoms with E-state index >= 15 is 4.39 Å². The molecule has 1 unspecified atom stereocenters. The van der Waals surface area contributed by atoms with Gasteiger partial charge in [0.1, 0.15) is 11.9 Å². The molecule has 0 saturated carbocycles. The van der Waals surface area contributed by atoms with E-state index in [1.807, 2.05) is 23.7 Å². The molecule has 1 aromatic carbocycles. The summed E-state index contributed by atoms with van der Waals surface area (Å²) < 4.78 is 38.0. The van der Waals surface area contributed by atoms with Gasteiger partial charge in [-0.05, 0) is 62.1 Å². The second-order valence-corrected chi connectivity index (χ2v) is 8.78. The number of nitrogens with zero attached hydrogens (tertiary/aromatic N) is 4. The fourth-order valence-corrected chi connectivity index (χ4v) is 5.38. The van der Waals surface area contributed by atoms with Crippen molar-refractivity contribution in [3.63, 3.8) is 0 Å². The second-order valence-electron chi connectivity index (χ2n) is 8.78. The third-order valence-electron chi connectivity index (χ3n) is 6.88. The van der Waals surface area contributed by atoms with Crippen molar-refractivity contribution < 1.29 is 13.5 Å². The molecule has 4 heterocycles. The van der Waals surface area contributed by atoms with Crippen LogP contribution in [0.3, 0.4) is 0 Å². The maximum absolute atomic E-state index is 15.4. The maximum Gasteiger partial charge on any atom is 0.221 e. The van der Waals surface area contributed by atoms with E-state index in [9.17, 15) is 4.39 Å². The molecule has 6 rings (SSSR count). The van der Waals surface area contributed by atoms with Gasteiger partial charge in [0.25, 0.3) is 0 Å². The summed E-state index contributed by atoms with van der Waals surface area (Å²) in [5, 5.41) is 4.86. The van der Waals surface area contributed by atoms with Crippen LogP contribution in [-0.2, 0) is 13.0 Å². The summed E-state index contributed by atoms with van der Waals surface area (Å²) in [5.74, 6) is -0.490. The summed E-state index contributed by atoms with van der Waals surface area (Å²) in [5.41, 5.74) is 12.2. The summed E-state index contributed by atoms with van der Waals surface area (Å²) in [4.78, 5) is 8.35. The number of halogens is 2. The SMILES string of the molecule is CCn1nc2c3c1-c1cnc(N)c(c1)O[C@H](C)c1cc(F)ccc1-c1c(ccnc1F)C3CC2. The smallest absolute Gasteiger partial charge is 0.221 e. The number of nitrogens with two attached hydrogens (primary N) is 1. The molecule has 2 bridgehead atoms. The number of rotatable bonds is 1. The van der Waals surface area contributed by atoms with Gasteiger partial charge in [0.05, 0.1) is 11.4 Å². The number of fused-ring (bicyclic) bond motifs is 7. The highest BCUT2D eigenvalue weighted by Gasteiger charge is 2.35. The normalized spacial score (nSPS) is 18.2. The fraction of sp³-hybridized carbons (Fsp3) is 0.269. The first kappa shape index (κ1) is 20.8. The summed E-state index contributed by atoms with van der Waals surface area (Å²) in [6.07, 6.45) is 4.17. The van der Waals surface area contributed by atoms with Crippen LogP contribution in [0.1, 0.15) is 54.7 Å². The molecule has 0 fully saturated rings. The highest BCUT2D eigenvalue weighted by molar-refractivity contribution is 5.76. The van der Waals surface area contributed by atoms with Crippen LogP contribution in [-0.4, -0.2) is 19.7 Å². The first-order chi connectivity index (χ1) is 16.5. The monoisotopic (exact) mass is 459 g/mol. The number of hydrogen-bond donors (Lipinski definition) is 1. The average Bonchev–Trinajstić information content (AvgIpc) is 3.39. The molecule has 1 aliphatic heterocycles. The van der Waals surface area contributed by atoms with Gasteiger partial charge in [-0.25, -0.2) is 14.4 Å². The van der Waals surface area contributed by atoms with Crippen LogP contribution in [0.2, 0.25) is 0 Å². The lowest BCUT2D eigenvalue weighted by molar-refractivity contribution is 0.227. The molecule has 34 heavy (non-hydrogen) atoms. The Bertz CT molecular complexity index is 1450. The summed E-state index contributed by atoms with van der Waals surface area (Å²) in [7, 11) is 0. The van der Waals surface area contributed by atoms with Crippen molar-refractivity contribution in [1.82, 2.24) is 19.7 Å². The quantitative estimate of drug-likeness (QED) is 0.385. The van der Waals surface area contributed by atoms with Gasteiger partial charge in [0, 0.05) is 47.1 Å². The van der Waals surface area contributed by atoms with E-state index in [1.165, 1.54) is 18.3 Å². The number of anilines is 1. The van der Waals surface area contributed by atoms with Crippen molar-refractivity contribution in [3.8, 4) is 28.1 Å². The van der Waals surface area contributed by atoms with Crippen LogP contribution in [0, 0.1) is 11.8 Å². The zero-order chi connectivity index (χ0) is 23.6. The number of aromatic nitrogens is 4. The van der Waals surface area contributed by atoms with E-state index in [4.69, 9.17) is 15.6 Å². The van der Waals surface area contributed by atoms with Crippen LogP contribution < -0.4 is 10.5 Å². The van der Waals surface area contributed by atoms with Crippen LogP contribution in [0.5, 0.6) is 5.75 Å². The molecule has 172 valence electrons. The second kappa shape index (κ2) is 7.62. The van der Waals surface area contributed by atoms with E-state index in [0.717, 1.165) is 40.9 Å². The number of pyridine rings is 2. The summed E-state index contributed by atoms with van der Waals surface area (Å²) in [6, 6.07) is 8.06. The van der Waals surface area contributed by atoms with Crippen LogP contribution in [0.15, 0.2) is 42.7 Å². The van der Waals surface area contributed by atoms with Crippen molar-refractivity contribution in [2.24, 2.45) is 0 Å². The van der Waals surface area contributed by atoms with E-state index in [0.29, 0.717) is 29.0 Å². The summed E-state index contributed by atoms with van der Waals surface area (Å²) >= 11 is 0. The third-order valence-corrected chi connectivity index (χ3v) is 6.88. The molecule has 2 N–H and O–H groups in total. The van der Waals surface area contributed by atoms with Gasteiger partial charge in [-0.3, -0.25) is 4.68 Å². The minimum absolute atomic E-state index is 0.0904. The van der Waals surface area contributed by atoms with Crippen molar-refractivity contribution in [2.45, 2.75) is 45.3 Å². The number of nitrogen functional groups attached to an aromatic ring is 1. The highest BCUT2D eigenvalue weighted by Crippen LogP contribution is 2.48. The molecule has 8 heteroatoms. The van der Waals surface area contributed by atoms with Crippen LogP contribution in [0.25, 0.3) is 22.4 Å². The fourth-order valence-electron chi connectivity index (χ4n) is 5.38. The lowest BCUT2D eigenvalue weighted by Crippen LogP contribution is -2.12. The van der Waals surface area contributed by atoms with Crippen LogP contribution >= 0.6 is 0 Å². The number of hydrogen-bond acceptors (Lipinski definition) is 5. The zero-order valence-corrected chi connectivity index (χ0v) is 18.8. The minimum Gasteiger partial charge on any atom is -0.482 e. The van der Waals surface area contributed by atoms with Gasteiger partial charge in [-0.1, -0.05) is 6.07 Å². The Labute approximate surface area is 195 Å². The maximum atomic E-state index is 15.4. The Morgan fingerprint density at radius 2 is 2.00 bits per heavy atom. The van der Waals surface area contributed by atoms with E-state index in [2.05, 4.69) is 9.97 Å². The van der Waals surface area contributed by atoms with Crippen molar-refractivity contribution >= 4 is 5.82 Å². The van der Waals surface area contributed by atoms with Gasteiger partial charge in [0.2, 0.25) is 5.95 Å². The van der Waals surface area contributed by atoms with Crippen molar-refractivity contribution in [1.29, 1.82) is 0 Å². The molecular formula is C26H23F2N5O. The molecule has 0 spiro atoms. The Kier molecular flexibility index (Phi) is 4.65. The van der Waals surface area contributed by atoms with E-state index in [-0.39, 0.29) is 11.7 Å². The summed E-state index contributed by atoms with van der Waals surface area (Å²) in [6.45, 7) is 4.50. The van der Waals surface area contributed by atoms with Gasteiger partial charge < -0.3 is 10.5 Å². The molecule has 2 atom stereocenters. The number of benzene rings is 1. The molecule has 0 amide bonds. The van der Waals surface area contributed by atoms with Gasteiger partial charge in [-0.15, -0.1) is 0 Å². The standard InChI is InChI=1S/C26H23F2N5O/c1-3-33-24-14-10-21(26(29)31-12-14)34-13(2)19-11-15(27)4-5-17(19)22-18(8-9-30-25(22)28)16-6-7-20(32-33)23(16)24/h4-5,8-13,16H,3,6-7H2,1-2H3,(H2,29,31)/t13-,16?/m1/s1. The van der Waals surface area contributed by atoms with Gasteiger partial charge >= 0.3 is 0 Å². The molecule has 1 aliphatic carbocycles. The van der Waals surface area contributed by atoms with Crippen LogP contribution in [0.4, 0.5) is 14.6 Å². The lowest BCUT2D eigenvalue weighted by Gasteiger charge is -2.24. The Morgan fingerprint density at radius 3 is 2.82 bits per heavy atom. The van der Waals surface area contributed by atoms with Crippen molar-refractivity contribution in [3.05, 3.63) is 76.9 Å². The molecule has 4 aromatic rings. The molecule has 0 radical (unpaired) electrons. The highest BCUT2D eigenvalue weighted by atomic mass is 19.1.